The molecule has 1 aromatic rings. The minimum Gasteiger partial charge on any atom is -0.368 e. The fraction of sp³-hybridized carbons (Fsp3) is 0.409. The van der Waals surface area contributed by atoms with Crippen molar-refractivity contribution in [3.8, 4) is 0 Å². The van der Waals surface area contributed by atoms with Gasteiger partial charge in [0.05, 0.1) is 24.0 Å². The number of primary amides is 1. The van der Waals surface area contributed by atoms with E-state index in [1.165, 1.54) is 0 Å². The van der Waals surface area contributed by atoms with Crippen LogP contribution in [-0.2, 0) is 16.0 Å². The second kappa shape index (κ2) is 11.3. The number of amidine groups is 1. The fourth-order valence-electron chi connectivity index (χ4n) is 3.10. The summed E-state index contributed by atoms with van der Waals surface area (Å²) in [6.45, 7) is 8.66. The number of carbonyl (C=O) groups is 2. The van der Waals surface area contributed by atoms with Gasteiger partial charge >= 0.3 is 0 Å². The van der Waals surface area contributed by atoms with E-state index in [1.54, 1.807) is 32.0 Å². The van der Waals surface area contributed by atoms with E-state index < -0.39 is 17.6 Å². The van der Waals surface area contributed by atoms with Gasteiger partial charge in [-0.25, -0.2) is 4.99 Å². The van der Waals surface area contributed by atoms with Crippen LogP contribution in [0.5, 0.6) is 0 Å². The predicted octanol–water partition coefficient (Wildman–Crippen LogP) is 0.877. The van der Waals surface area contributed by atoms with E-state index >= 15 is 0 Å². The van der Waals surface area contributed by atoms with E-state index in [0.29, 0.717) is 30.3 Å². The molecule has 9 nitrogen and oxygen atoms in total. The number of hydrogen-bond donors (Lipinski definition) is 3. The molecular weight excluding hydrogens is 394 g/mol. The van der Waals surface area contributed by atoms with Crippen LogP contribution in [0.1, 0.15) is 32.4 Å². The highest BCUT2D eigenvalue weighted by molar-refractivity contribution is 6.47. The van der Waals surface area contributed by atoms with Crippen LogP contribution < -0.4 is 16.8 Å². The first-order valence-corrected chi connectivity index (χ1v) is 9.61. The molecule has 0 aliphatic carbocycles. The average molecular weight is 428 g/mol. The lowest BCUT2D eigenvalue weighted by atomic mass is 9.99. The van der Waals surface area contributed by atoms with Gasteiger partial charge in [-0.2, -0.15) is 5.10 Å². The summed E-state index contributed by atoms with van der Waals surface area (Å²) in [4.78, 5) is 31.8. The molecule has 2 atom stereocenters. The van der Waals surface area contributed by atoms with Gasteiger partial charge in [0.25, 0.3) is 0 Å². The molecule has 2 unspecified atom stereocenters. The van der Waals surface area contributed by atoms with Gasteiger partial charge in [-0.05, 0) is 31.9 Å². The van der Waals surface area contributed by atoms with E-state index in [-0.39, 0.29) is 13.8 Å². The lowest BCUT2D eigenvalue weighted by Gasteiger charge is -2.27. The molecule has 168 valence electrons. The molecule has 0 radical (unpaired) electrons. The first kappa shape index (κ1) is 25.9. The van der Waals surface area contributed by atoms with Gasteiger partial charge < -0.3 is 11.5 Å². The summed E-state index contributed by atoms with van der Waals surface area (Å²) < 4.78 is 0. The zero-order valence-electron chi connectivity index (χ0n) is 17.6. The second-order valence-corrected chi connectivity index (χ2v) is 7.12. The second-order valence-electron chi connectivity index (χ2n) is 7.12. The van der Waals surface area contributed by atoms with Crippen LogP contribution in [0.25, 0.3) is 0 Å². The molecule has 2 rings (SSSR count). The summed E-state index contributed by atoms with van der Waals surface area (Å²) in [5.74, 6) is -0.125. The topological polar surface area (TPSA) is 139 Å². The smallest absolute Gasteiger partial charge is 0.234 e. The molecular formula is C22H33N7O2. The van der Waals surface area contributed by atoms with Crippen molar-refractivity contribution in [3.05, 3.63) is 48.0 Å². The Hall–Kier alpha value is -3.17. The highest BCUT2D eigenvalue weighted by atomic mass is 16.1. The van der Waals surface area contributed by atoms with Gasteiger partial charge in [0.15, 0.2) is 17.8 Å². The van der Waals surface area contributed by atoms with Gasteiger partial charge in [0, 0.05) is 19.2 Å². The van der Waals surface area contributed by atoms with Crippen LogP contribution in [0.15, 0.2) is 52.0 Å². The Labute approximate surface area is 184 Å². The first-order chi connectivity index (χ1) is 14.3. The number of rotatable bonds is 8. The lowest BCUT2D eigenvalue weighted by Crippen LogP contribution is -2.48. The molecule has 0 bridgehead atoms. The summed E-state index contributed by atoms with van der Waals surface area (Å²) in [7, 11) is 1.63. The summed E-state index contributed by atoms with van der Waals surface area (Å²) in [5, 5.41) is 9.37. The summed E-state index contributed by atoms with van der Waals surface area (Å²) in [6.07, 6.45) is 2.69. The molecule has 1 aliphatic heterocycles. The molecule has 31 heavy (non-hydrogen) atoms. The number of nitrogens with one attached hydrogen (secondary N) is 1. The lowest BCUT2D eigenvalue weighted by molar-refractivity contribution is -0.119. The van der Waals surface area contributed by atoms with Crippen LogP contribution in [-0.4, -0.2) is 66.3 Å². The van der Waals surface area contributed by atoms with Gasteiger partial charge in [-0.15, -0.1) is 0 Å². The van der Waals surface area contributed by atoms with Gasteiger partial charge in [0.2, 0.25) is 5.91 Å². The molecule has 0 saturated carbocycles. The number of carbonyl (C=O) groups excluding carboxylic acids is 2. The average Bonchev–Trinajstić information content (AvgIpc) is 3.10. The highest BCUT2D eigenvalue weighted by Gasteiger charge is 2.35. The summed E-state index contributed by atoms with van der Waals surface area (Å²) >= 11 is 0. The SMILES string of the molecule is C.C=CC(=NC(=NC)c1ccccc1CC(N)C(N)=O)/C(C)=N/N1CCNC1(C)C=O. The third-order valence-corrected chi connectivity index (χ3v) is 4.91. The van der Waals surface area contributed by atoms with Crippen molar-refractivity contribution < 1.29 is 9.59 Å². The maximum Gasteiger partial charge on any atom is 0.234 e. The maximum atomic E-state index is 11.5. The van der Waals surface area contributed by atoms with E-state index in [2.05, 4.69) is 27.0 Å². The first-order valence-electron chi connectivity index (χ1n) is 9.61. The minimum absolute atomic E-state index is 0. The third-order valence-electron chi connectivity index (χ3n) is 4.91. The maximum absolute atomic E-state index is 11.5. The summed E-state index contributed by atoms with van der Waals surface area (Å²) in [5.41, 5.74) is 13.0. The molecule has 1 heterocycles. The Kier molecular flexibility index (Phi) is 9.41. The van der Waals surface area contributed by atoms with Gasteiger partial charge in [-0.1, -0.05) is 38.3 Å². The number of nitrogens with two attached hydrogens (primary N) is 2. The summed E-state index contributed by atoms with van der Waals surface area (Å²) in [6, 6.07) is 6.62. The Balaban J connectivity index is 0.00000480. The molecule has 1 amide bonds. The van der Waals surface area contributed by atoms with Crippen molar-refractivity contribution in [2.45, 2.75) is 39.4 Å². The van der Waals surface area contributed by atoms with Gasteiger partial charge in [0.1, 0.15) is 0 Å². The Bertz CT molecular complexity index is 907. The van der Waals surface area contributed by atoms with Crippen molar-refractivity contribution >= 4 is 29.5 Å². The largest absolute Gasteiger partial charge is 0.368 e. The third kappa shape index (κ3) is 6.16. The Morgan fingerprint density at radius 3 is 2.68 bits per heavy atom. The number of aliphatic imine (C=N–C) groups is 2. The van der Waals surface area contributed by atoms with Crippen molar-refractivity contribution in [2.24, 2.45) is 26.6 Å². The number of hydrogen-bond acceptors (Lipinski definition) is 7. The number of amides is 1. The number of nitrogens with zero attached hydrogens (tertiary/aromatic N) is 4. The van der Waals surface area contributed by atoms with Crippen LogP contribution in [0.3, 0.4) is 0 Å². The quantitative estimate of drug-likeness (QED) is 0.321. The zero-order valence-corrected chi connectivity index (χ0v) is 17.6. The number of hydrazone groups is 1. The molecule has 1 saturated heterocycles. The van der Waals surface area contributed by atoms with Crippen LogP contribution >= 0.6 is 0 Å². The van der Waals surface area contributed by atoms with Crippen molar-refractivity contribution in [1.82, 2.24) is 10.3 Å². The van der Waals surface area contributed by atoms with Crippen LogP contribution in [0, 0.1) is 0 Å². The number of benzene rings is 1. The van der Waals surface area contributed by atoms with Gasteiger partial charge in [-0.3, -0.25) is 24.9 Å². The fourth-order valence-corrected chi connectivity index (χ4v) is 3.10. The Morgan fingerprint density at radius 2 is 2.10 bits per heavy atom. The number of aldehydes is 1. The minimum atomic E-state index is -0.854. The number of allylic oxidation sites excluding steroid dienone is 1. The zero-order chi connectivity index (χ0) is 22.3. The molecule has 5 N–H and O–H groups in total. The molecule has 0 aromatic heterocycles. The van der Waals surface area contributed by atoms with Crippen LogP contribution in [0.4, 0.5) is 0 Å². The van der Waals surface area contributed by atoms with Crippen molar-refractivity contribution in [3.63, 3.8) is 0 Å². The van der Waals surface area contributed by atoms with Crippen LogP contribution in [0.2, 0.25) is 0 Å². The molecule has 1 aliphatic rings. The van der Waals surface area contributed by atoms with Crippen molar-refractivity contribution in [1.29, 1.82) is 0 Å². The molecule has 1 aromatic carbocycles. The molecule has 9 heteroatoms. The van der Waals surface area contributed by atoms with E-state index in [9.17, 15) is 9.59 Å². The Morgan fingerprint density at radius 1 is 1.42 bits per heavy atom. The van der Waals surface area contributed by atoms with Crippen molar-refractivity contribution in [2.75, 3.05) is 20.1 Å². The highest BCUT2D eigenvalue weighted by Crippen LogP contribution is 2.16. The molecule has 0 spiro atoms. The standard InChI is InChI=1S/C21H29N7O2.CH4/c1-5-18(14(2)27-28-11-10-25-21(28,3)13-29)26-20(24-4)16-9-7-6-8-15(16)12-17(22)19(23)30;/h5-9,13,17,25H,1,10-12,22H2,2-4H3,(H2,23,30);1H4/b24-20?,26-18?,27-14+;. The van der Waals surface area contributed by atoms with E-state index in [1.807, 2.05) is 24.3 Å². The predicted molar refractivity (Wildman–Crippen MR) is 126 cm³/mol. The van der Waals surface area contributed by atoms with E-state index in [0.717, 1.165) is 17.4 Å². The van der Waals surface area contributed by atoms with E-state index in [4.69, 9.17) is 11.5 Å². The molecule has 1 fully saturated rings. The normalized spacial score (nSPS) is 20.8. The monoisotopic (exact) mass is 427 g/mol.